The Hall–Kier alpha value is -3.90. The fourth-order valence-electron chi connectivity index (χ4n) is 3.97. The van der Waals surface area contributed by atoms with E-state index in [0.717, 1.165) is 17.7 Å². The molecule has 2 amide bonds. The van der Waals surface area contributed by atoms with Crippen LogP contribution in [0.2, 0.25) is 5.02 Å². The van der Waals surface area contributed by atoms with Gasteiger partial charge in [0.25, 0.3) is 11.8 Å². The van der Waals surface area contributed by atoms with E-state index in [1.54, 1.807) is 40.0 Å². The molecular weight excluding hydrogens is 436 g/mol. The summed E-state index contributed by atoms with van der Waals surface area (Å²) in [5.74, 6) is -0.313. The Labute approximate surface area is 196 Å². The highest BCUT2D eigenvalue weighted by Gasteiger charge is 2.25. The molecule has 0 radical (unpaired) electrons. The Kier molecular flexibility index (Phi) is 5.67. The smallest absolute Gasteiger partial charge is 0.258 e. The molecule has 0 bridgehead atoms. The van der Waals surface area contributed by atoms with Crippen LogP contribution in [-0.4, -0.2) is 28.1 Å². The number of nitrogens with zero attached hydrogens (tertiary/aromatic N) is 3. The summed E-state index contributed by atoms with van der Waals surface area (Å²) in [5, 5.41) is 7.78. The van der Waals surface area contributed by atoms with Crippen molar-refractivity contribution in [3.05, 3.63) is 112 Å². The standard InChI is InChI=1S/C26H21ClN4O2/c27-23-7-3-1-6-20(23)16-30-17-21(15-28-30)25(32)29-22-11-9-19(10-12-22)26(33)31-14-13-18-5-2-4-8-24(18)31/h1-12,15,17H,13-14,16H2,(H,29,32). The van der Waals surface area contributed by atoms with Crippen LogP contribution in [0.4, 0.5) is 11.4 Å². The van der Waals surface area contributed by atoms with Gasteiger partial charge in [0, 0.05) is 34.7 Å². The lowest BCUT2D eigenvalue weighted by molar-refractivity contribution is 0.0988. The number of benzene rings is 3. The molecule has 0 fully saturated rings. The Morgan fingerprint density at radius 2 is 1.70 bits per heavy atom. The van der Waals surface area contributed by atoms with Gasteiger partial charge in [0.05, 0.1) is 18.3 Å². The Morgan fingerprint density at radius 3 is 2.52 bits per heavy atom. The number of carbonyl (C=O) groups is 2. The number of anilines is 2. The molecule has 7 heteroatoms. The minimum atomic E-state index is -0.270. The second-order valence-electron chi connectivity index (χ2n) is 7.88. The lowest BCUT2D eigenvalue weighted by Crippen LogP contribution is -2.28. The molecule has 1 aliphatic heterocycles. The first-order valence-electron chi connectivity index (χ1n) is 10.7. The fourth-order valence-corrected chi connectivity index (χ4v) is 4.17. The van der Waals surface area contributed by atoms with Gasteiger partial charge in [-0.15, -0.1) is 0 Å². The van der Waals surface area contributed by atoms with E-state index < -0.39 is 0 Å². The van der Waals surface area contributed by atoms with Crippen molar-refractivity contribution in [2.24, 2.45) is 0 Å². The number of halogens is 1. The average molecular weight is 457 g/mol. The summed E-state index contributed by atoms with van der Waals surface area (Å²) in [6.45, 7) is 1.15. The van der Waals surface area contributed by atoms with Crippen LogP contribution in [-0.2, 0) is 13.0 Å². The van der Waals surface area contributed by atoms with E-state index in [1.165, 1.54) is 11.8 Å². The molecule has 2 heterocycles. The predicted molar refractivity (Wildman–Crippen MR) is 129 cm³/mol. The highest BCUT2D eigenvalue weighted by Crippen LogP contribution is 2.29. The Balaban J connectivity index is 1.24. The van der Waals surface area contributed by atoms with E-state index in [1.807, 2.05) is 42.5 Å². The van der Waals surface area contributed by atoms with Crippen molar-refractivity contribution in [3.63, 3.8) is 0 Å². The first-order chi connectivity index (χ1) is 16.1. The number of hydrogen-bond donors (Lipinski definition) is 1. The molecule has 0 aliphatic carbocycles. The van der Waals surface area contributed by atoms with Crippen LogP contribution in [0, 0.1) is 0 Å². The largest absolute Gasteiger partial charge is 0.322 e. The van der Waals surface area contributed by atoms with Crippen molar-refractivity contribution in [2.75, 3.05) is 16.8 Å². The maximum Gasteiger partial charge on any atom is 0.258 e. The third-order valence-electron chi connectivity index (χ3n) is 5.71. The van der Waals surface area contributed by atoms with E-state index in [2.05, 4.69) is 16.5 Å². The number of hydrogen-bond acceptors (Lipinski definition) is 3. The molecule has 164 valence electrons. The molecule has 5 rings (SSSR count). The van der Waals surface area contributed by atoms with Crippen molar-refractivity contribution in [3.8, 4) is 0 Å². The summed E-state index contributed by atoms with van der Waals surface area (Å²) in [7, 11) is 0. The normalized spacial score (nSPS) is 12.5. The number of carbonyl (C=O) groups excluding carboxylic acids is 2. The first kappa shape index (κ1) is 21.0. The number of fused-ring (bicyclic) bond motifs is 1. The van der Waals surface area contributed by atoms with E-state index in [-0.39, 0.29) is 11.8 Å². The lowest BCUT2D eigenvalue weighted by atomic mass is 10.1. The number of aromatic nitrogens is 2. The van der Waals surface area contributed by atoms with Gasteiger partial charge in [-0.2, -0.15) is 5.10 Å². The van der Waals surface area contributed by atoms with Crippen LogP contribution in [0.3, 0.4) is 0 Å². The van der Waals surface area contributed by atoms with Gasteiger partial charge in [0.1, 0.15) is 0 Å². The van der Waals surface area contributed by atoms with Gasteiger partial charge in [-0.05, 0) is 53.9 Å². The minimum Gasteiger partial charge on any atom is -0.322 e. The molecule has 0 unspecified atom stereocenters. The molecule has 1 N–H and O–H groups in total. The van der Waals surface area contributed by atoms with Gasteiger partial charge in [-0.3, -0.25) is 14.3 Å². The minimum absolute atomic E-state index is 0.0429. The summed E-state index contributed by atoms with van der Waals surface area (Å²) in [6.07, 6.45) is 4.07. The Morgan fingerprint density at radius 1 is 0.939 bits per heavy atom. The molecule has 0 atom stereocenters. The molecule has 3 aromatic carbocycles. The van der Waals surface area contributed by atoms with Gasteiger partial charge in [-0.1, -0.05) is 48.0 Å². The van der Waals surface area contributed by atoms with Crippen molar-refractivity contribution in [1.29, 1.82) is 0 Å². The maximum absolute atomic E-state index is 13.0. The van der Waals surface area contributed by atoms with E-state index in [9.17, 15) is 9.59 Å². The van der Waals surface area contributed by atoms with Crippen LogP contribution < -0.4 is 10.2 Å². The van der Waals surface area contributed by atoms with Crippen molar-refractivity contribution < 1.29 is 9.59 Å². The molecule has 4 aromatic rings. The van der Waals surface area contributed by atoms with Crippen LogP contribution in [0.25, 0.3) is 0 Å². The molecule has 1 aliphatic rings. The second kappa shape index (κ2) is 8.92. The van der Waals surface area contributed by atoms with Gasteiger partial charge in [0.15, 0.2) is 0 Å². The summed E-state index contributed by atoms with van der Waals surface area (Å²) >= 11 is 6.20. The molecule has 0 saturated carbocycles. The monoisotopic (exact) mass is 456 g/mol. The van der Waals surface area contributed by atoms with Crippen LogP contribution in [0.5, 0.6) is 0 Å². The number of rotatable bonds is 5. The molecule has 33 heavy (non-hydrogen) atoms. The number of para-hydroxylation sites is 1. The molecule has 0 spiro atoms. The summed E-state index contributed by atoms with van der Waals surface area (Å²) in [5.41, 5.74) is 4.71. The molecule has 0 saturated heterocycles. The number of amides is 2. The van der Waals surface area contributed by atoms with Gasteiger partial charge in [0.2, 0.25) is 0 Å². The number of nitrogens with one attached hydrogen (secondary N) is 1. The third kappa shape index (κ3) is 4.38. The maximum atomic E-state index is 13.0. The summed E-state index contributed by atoms with van der Waals surface area (Å²) < 4.78 is 1.67. The SMILES string of the molecule is O=C(Nc1ccc(C(=O)N2CCc3ccccc32)cc1)c1cnn(Cc2ccccc2Cl)c1. The fraction of sp³-hybridized carbons (Fsp3) is 0.115. The zero-order valence-corrected chi connectivity index (χ0v) is 18.5. The van der Waals surface area contributed by atoms with Gasteiger partial charge < -0.3 is 10.2 Å². The predicted octanol–water partition coefficient (Wildman–Crippen LogP) is 5.04. The van der Waals surface area contributed by atoms with Crippen LogP contribution in [0.15, 0.2) is 85.2 Å². The average Bonchev–Trinajstić information content (AvgIpc) is 3.48. The lowest BCUT2D eigenvalue weighted by Gasteiger charge is -2.17. The van der Waals surface area contributed by atoms with E-state index in [0.29, 0.717) is 34.9 Å². The first-order valence-corrected chi connectivity index (χ1v) is 11.0. The van der Waals surface area contributed by atoms with Gasteiger partial charge >= 0.3 is 0 Å². The van der Waals surface area contributed by atoms with Crippen LogP contribution >= 0.6 is 11.6 Å². The van der Waals surface area contributed by atoms with Gasteiger partial charge in [-0.25, -0.2) is 0 Å². The third-order valence-corrected chi connectivity index (χ3v) is 6.08. The summed E-state index contributed by atoms with van der Waals surface area (Å²) in [4.78, 5) is 27.4. The molecule has 1 aromatic heterocycles. The zero-order chi connectivity index (χ0) is 22.8. The zero-order valence-electron chi connectivity index (χ0n) is 17.7. The Bertz CT molecular complexity index is 1330. The summed E-state index contributed by atoms with van der Waals surface area (Å²) in [6, 6.07) is 22.4. The highest BCUT2D eigenvalue weighted by atomic mass is 35.5. The highest BCUT2D eigenvalue weighted by molar-refractivity contribution is 6.31. The second-order valence-corrected chi connectivity index (χ2v) is 8.29. The van der Waals surface area contributed by atoms with E-state index >= 15 is 0 Å². The molecular formula is C26H21ClN4O2. The van der Waals surface area contributed by atoms with E-state index in [4.69, 9.17) is 11.6 Å². The van der Waals surface area contributed by atoms with Crippen molar-refractivity contribution in [1.82, 2.24) is 9.78 Å². The molecule has 6 nitrogen and oxygen atoms in total. The van der Waals surface area contributed by atoms with Crippen molar-refractivity contribution in [2.45, 2.75) is 13.0 Å². The quantitative estimate of drug-likeness (QED) is 0.457. The van der Waals surface area contributed by atoms with Crippen molar-refractivity contribution >= 4 is 34.8 Å². The van der Waals surface area contributed by atoms with Crippen LogP contribution in [0.1, 0.15) is 31.8 Å². The topological polar surface area (TPSA) is 67.2 Å².